The van der Waals surface area contributed by atoms with Crippen LogP contribution < -0.4 is 15.8 Å². The number of nitrogens with two attached hydrogens (primary N) is 1. The summed E-state index contributed by atoms with van der Waals surface area (Å²) in [4.78, 5) is 23.7. The Morgan fingerprint density at radius 3 is 2.58 bits per heavy atom. The summed E-state index contributed by atoms with van der Waals surface area (Å²) >= 11 is 0. The molecule has 0 radical (unpaired) electrons. The monoisotopic (exact) mass is 328 g/mol. The number of carbonyl (C=O) groups excluding carboxylic acids is 2. The maximum atomic E-state index is 11.9. The van der Waals surface area contributed by atoms with Gasteiger partial charge in [-0.25, -0.2) is 4.79 Å². The molecule has 2 aromatic rings. The van der Waals surface area contributed by atoms with Crippen molar-refractivity contribution in [2.75, 3.05) is 24.3 Å². The quantitative estimate of drug-likeness (QED) is 0.602. The molecule has 2 rings (SSSR count). The summed E-state index contributed by atoms with van der Waals surface area (Å²) in [6, 6.07) is 13.6. The SMILES string of the molecule is CCCOC(=O)c1ccc(N)c(OCC(=O)Nc2ccccc2)c1. The molecule has 3 N–H and O–H groups in total. The smallest absolute Gasteiger partial charge is 0.338 e. The Labute approximate surface area is 140 Å². The Kier molecular flexibility index (Phi) is 6.19. The van der Waals surface area contributed by atoms with E-state index in [9.17, 15) is 9.59 Å². The molecular weight excluding hydrogens is 308 g/mol. The predicted molar refractivity (Wildman–Crippen MR) is 92.0 cm³/mol. The second-order valence-electron chi connectivity index (χ2n) is 5.09. The molecule has 24 heavy (non-hydrogen) atoms. The lowest BCUT2D eigenvalue weighted by Gasteiger charge is -2.11. The minimum Gasteiger partial charge on any atom is -0.482 e. The van der Waals surface area contributed by atoms with Crippen LogP contribution in [0.2, 0.25) is 0 Å². The number of benzene rings is 2. The summed E-state index contributed by atoms with van der Waals surface area (Å²) in [6.45, 7) is 2.04. The Morgan fingerprint density at radius 1 is 1.12 bits per heavy atom. The van der Waals surface area contributed by atoms with Gasteiger partial charge in [0.25, 0.3) is 5.91 Å². The Balaban J connectivity index is 1.96. The first-order valence-corrected chi connectivity index (χ1v) is 7.64. The highest BCUT2D eigenvalue weighted by atomic mass is 16.5. The van der Waals surface area contributed by atoms with E-state index in [0.29, 0.717) is 23.5 Å². The predicted octanol–water partition coefficient (Wildman–Crippen LogP) is 2.85. The minimum atomic E-state index is -0.449. The van der Waals surface area contributed by atoms with Crippen LogP contribution in [0.3, 0.4) is 0 Å². The van der Waals surface area contributed by atoms with E-state index < -0.39 is 5.97 Å². The molecule has 0 aliphatic heterocycles. The summed E-state index contributed by atoms with van der Waals surface area (Å²) in [5.74, 6) is -0.501. The first-order chi connectivity index (χ1) is 11.6. The van der Waals surface area contributed by atoms with Crippen molar-refractivity contribution in [3.05, 3.63) is 54.1 Å². The highest BCUT2D eigenvalue weighted by Gasteiger charge is 2.12. The van der Waals surface area contributed by atoms with E-state index in [1.165, 1.54) is 6.07 Å². The minimum absolute atomic E-state index is 0.216. The van der Waals surface area contributed by atoms with Crippen LogP contribution in [0.5, 0.6) is 5.75 Å². The van der Waals surface area contributed by atoms with Crippen LogP contribution in [0.25, 0.3) is 0 Å². The number of esters is 1. The van der Waals surface area contributed by atoms with Gasteiger partial charge in [0.2, 0.25) is 0 Å². The van der Waals surface area contributed by atoms with Crippen LogP contribution in [0.15, 0.2) is 48.5 Å². The van der Waals surface area contributed by atoms with Crippen LogP contribution in [0.4, 0.5) is 11.4 Å². The molecule has 6 nitrogen and oxygen atoms in total. The first kappa shape index (κ1) is 17.3. The van der Waals surface area contributed by atoms with Gasteiger partial charge in [-0.05, 0) is 36.8 Å². The number of nitrogen functional groups attached to an aromatic ring is 1. The number of para-hydroxylation sites is 1. The van der Waals surface area contributed by atoms with Gasteiger partial charge in [0.05, 0.1) is 17.9 Å². The summed E-state index contributed by atoms with van der Waals surface area (Å²) in [7, 11) is 0. The van der Waals surface area contributed by atoms with Crippen molar-refractivity contribution in [3.63, 3.8) is 0 Å². The third-order valence-corrected chi connectivity index (χ3v) is 3.10. The lowest BCUT2D eigenvalue weighted by Crippen LogP contribution is -2.20. The van der Waals surface area contributed by atoms with E-state index in [0.717, 1.165) is 6.42 Å². The molecule has 0 aromatic heterocycles. The molecule has 126 valence electrons. The first-order valence-electron chi connectivity index (χ1n) is 7.64. The van der Waals surface area contributed by atoms with E-state index in [2.05, 4.69) is 5.32 Å². The van der Waals surface area contributed by atoms with Crippen LogP contribution in [-0.4, -0.2) is 25.1 Å². The normalized spacial score (nSPS) is 10.0. The second-order valence-corrected chi connectivity index (χ2v) is 5.09. The van der Waals surface area contributed by atoms with Crippen LogP contribution in [0, 0.1) is 0 Å². The number of nitrogens with one attached hydrogen (secondary N) is 1. The Bertz CT molecular complexity index is 701. The summed E-state index contributed by atoms with van der Waals surface area (Å²) in [5.41, 5.74) is 7.17. The van der Waals surface area contributed by atoms with Gasteiger partial charge in [-0.2, -0.15) is 0 Å². The van der Waals surface area contributed by atoms with Gasteiger partial charge >= 0.3 is 5.97 Å². The molecule has 0 bridgehead atoms. The number of anilines is 2. The molecule has 2 aromatic carbocycles. The standard InChI is InChI=1S/C18H20N2O4/c1-2-10-23-18(22)13-8-9-15(19)16(11-13)24-12-17(21)20-14-6-4-3-5-7-14/h3-9,11H,2,10,12,19H2,1H3,(H,20,21). The molecule has 0 saturated carbocycles. The van der Waals surface area contributed by atoms with Crippen molar-refractivity contribution in [1.29, 1.82) is 0 Å². The van der Waals surface area contributed by atoms with E-state index in [4.69, 9.17) is 15.2 Å². The zero-order valence-electron chi connectivity index (χ0n) is 13.5. The third-order valence-electron chi connectivity index (χ3n) is 3.10. The van der Waals surface area contributed by atoms with Gasteiger partial charge in [-0.1, -0.05) is 25.1 Å². The van der Waals surface area contributed by atoms with Crippen molar-refractivity contribution in [2.45, 2.75) is 13.3 Å². The van der Waals surface area contributed by atoms with Crippen LogP contribution >= 0.6 is 0 Å². The number of amides is 1. The molecule has 0 saturated heterocycles. The van der Waals surface area contributed by atoms with Gasteiger partial charge in [0, 0.05) is 5.69 Å². The number of carbonyl (C=O) groups is 2. The summed E-state index contributed by atoms with van der Waals surface area (Å²) < 4.78 is 10.5. The van der Waals surface area contributed by atoms with Gasteiger partial charge in [0.15, 0.2) is 6.61 Å². The Hall–Kier alpha value is -3.02. The molecule has 6 heteroatoms. The zero-order chi connectivity index (χ0) is 17.4. The molecular formula is C18H20N2O4. The molecule has 0 aliphatic carbocycles. The fraction of sp³-hybridized carbons (Fsp3) is 0.222. The molecule has 0 unspecified atom stereocenters. The second kappa shape index (κ2) is 8.57. The molecule has 0 atom stereocenters. The molecule has 1 amide bonds. The maximum absolute atomic E-state index is 11.9. The number of hydrogen-bond donors (Lipinski definition) is 2. The number of rotatable bonds is 7. The average Bonchev–Trinajstić information content (AvgIpc) is 2.59. The van der Waals surface area contributed by atoms with Crippen molar-refractivity contribution in [3.8, 4) is 5.75 Å². The van der Waals surface area contributed by atoms with Crippen LogP contribution in [-0.2, 0) is 9.53 Å². The van der Waals surface area contributed by atoms with Gasteiger partial charge in [-0.15, -0.1) is 0 Å². The highest BCUT2D eigenvalue weighted by Crippen LogP contribution is 2.23. The highest BCUT2D eigenvalue weighted by molar-refractivity contribution is 5.92. The Morgan fingerprint density at radius 2 is 1.88 bits per heavy atom. The summed E-state index contributed by atoms with van der Waals surface area (Å²) in [6.07, 6.45) is 0.740. The number of ether oxygens (including phenoxy) is 2. The summed E-state index contributed by atoms with van der Waals surface area (Å²) in [5, 5.41) is 2.70. The van der Waals surface area contributed by atoms with Gasteiger partial charge < -0.3 is 20.5 Å². The zero-order valence-corrected chi connectivity index (χ0v) is 13.5. The van der Waals surface area contributed by atoms with E-state index in [1.54, 1.807) is 24.3 Å². The largest absolute Gasteiger partial charge is 0.482 e. The number of hydrogen-bond acceptors (Lipinski definition) is 5. The van der Waals surface area contributed by atoms with Crippen molar-refractivity contribution >= 4 is 23.3 Å². The lowest BCUT2D eigenvalue weighted by molar-refractivity contribution is -0.118. The molecule has 0 heterocycles. The maximum Gasteiger partial charge on any atom is 0.338 e. The van der Waals surface area contributed by atoms with E-state index >= 15 is 0 Å². The van der Waals surface area contributed by atoms with Gasteiger partial charge in [-0.3, -0.25) is 4.79 Å². The fourth-order valence-corrected chi connectivity index (χ4v) is 1.93. The average molecular weight is 328 g/mol. The van der Waals surface area contributed by atoms with E-state index in [-0.39, 0.29) is 18.3 Å². The topological polar surface area (TPSA) is 90.7 Å². The van der Waals surface area contributed by atoms with Gasteiger partial charge in [0.1, 0.15) is 5.75 Å². The molecule has 0 spiro atoms. The molecule has 0 aliphatic rings. The third kappa shape index (κ3) is 5.01. The van der Waals surface area contributed by atoms with Crippen LogP contribution in [0.1, 0.15) is 23.7 Å². The van der Waals surface area contributed by atoms with Crippen molar-refractivity contribution < 1.29 is 19.1 Å². The van der Waals surface area contributed by atoms with Crippen molar-refractivity contribution in [1.82, 2.24) is 0 Å². The van der Waals surface area contributed by atoms with E-state index in [1.807, 2.05) is 25.1 Å². The molecule has 0 fully saturated rings. The fourth-order valence-electron chi connectivity index (χ4n) is 1.93. The lowest BCUT2D eigenvalue weighted by atomic mass is 10.2. The van der Waals surface area contributed by atoms with Crippen molar-refractivity contribution in [2.24, 2.45) is 0 Å².